The fourth-order valence-corrected chi connectivity index (χ4v) is 1.46. The molecule has 3 N–H and O–H groups in total. The molecule has 0 aliphatic heterocycles. The van der Waals surface area contributed by atoms with Gasteiger partial charge in [0.05, 0.1) is 12.1 Å². The number of nitrogens with one attached hydrogen (secondary N) is 1. The van der Waals surface area contributed by atoms with Gasteiger partial charge in [0.25, 0.3) is 0 Å². The molecular formula is C12H12N4O. The molecule has 0 bridgehead atoms. The Hall–Kier alpha value is -2.48. The van der Waals surface area contributed by atoms with Crippen LogP contribution in [0.5, 0.6) is 0 Å². The Morgan fingerprint density at radius 3 is 2.94 bits per heavy atom. The van der Waals surface area contributed by atoms with Crippen molar-refractivity contribution in [1.82, 2.24) is 5.16 Å². The van der Waals surface area contributed by atoms with Gasteiger partial charge >= 0.3 is 0 Å². The average Bonchev–Trinajstić information content (AvgIpc) is 2.74. The van der Waals surface area contributed by atoms with E-state index in [1.165, 1.54) is 0 Å². The molecule has 2 rings (SSSR count). The van der Waals surface area contributed by atoms with Crippen molar-refractivity contribution in [3.05, 3.63) is 41.3 Å². The standard InChI is InChI=1S/C12H12N4O/c1-8-4-11(16-17-8)7-15-10-2-3-12(14)9(5-10)6-13/h2-5,15H,7,14H2,1H3. The summed E-state index contributed by atoms with van der Waals surface area (Å²) in [6.07, 6.45) is 0. The van der Waals surface area contributed by atoms with Crippen LogP contribution in [-0.2, 0) is 6.54 Å². The van der Waals surface area contributed by atoms with Crippen LogP contribution in [0.25, 0.3) is 0 Å². The van der Waals surface area contributed by atoms with Crippen molar-refractivity contribution in [2.45, 2.75) is 13.5 Å². The van der Waals surface area contributed by atoms with Gasteiger partial charge in [0.15, 0.2) is 0 Å². The summed E-state index contributed by atoms with van der Waals surface area (Å²) < 4.78 is 4.95. The second-order valence-corrected chi connectivity index (χ2v) is 3.70. The fraction of sp³-hybridized carbons (Fsp3) is 0.167. The maximum Gasteiger partial charge on any atom is 0.133 e. The highest BCUT2D eigenvalue weighted by molar-refractivity contribution is 5.61. The molecule has 0 saturated carbocycles. The van der Waals surface area contributed by atoms with E-state index in [1.807, 2.05) is 25.1 Å². The molecule has 0 atom stereocenters. The largest absolute Gasteiger partial charge is 0.398 e. The highest BCUT2D eigenvalue weighted by atomic mass is 16.5. The third-order valence-electron chi connectivity index (χ3n) is 2.32. The highest BCUT2D eigenvalue weighted by Crippen LogP contribution is 2.17. The van der Waals surface area contributed by atoms with E-state index in [4.69, 9.17) is 15.5 Å². The summed E-state index contributed by atoms with van der Waals surface area (Å²) in [7, 11) is 0. The third kappa shape index (κ3) is 2.55. The lowest BCUT2D eigenvalue weighted by Crippen LogP contribution is -2.00. The molecule has 0 amide bonds. The van der Waals surface area contributed by atoms with Crippen molar-refractivity contribution in [2.75, 3.05) is 11.1 Å². The number of anilines is 2. The molecule has 0 fully saturated rings. The molecule has 17 heavy (non-hydrogen) atoms. The summed E-state index contributed by atoms with van der Waals surface area (Å²) in [5.74, 6) is 0.775. The Labute approximate surface area is 98.8 Å². The minimum atomic E-state index is 0.464. The summed E-state index contributed by atoms with van der Waals surface area (Å²) in [4.78, 5) is 0. The van der Waals surface area contributed by atoms with E-state index in [1.54, 1.807) is 12.1 Å². The fourth-order valence-electron chi connectivity index (χ4n) is 1.46. The van der Waals surface area contributed by atoms with Crippen LogP contribution < -0.4 is 11.1 Å². The number of rotatable bonds is 3. The maximum atomic E-state index is 8.85. The molecule has 0 aliphatic carbocycles. The Balaban J connectivity index is 2.07. The SMILES string of the molecule is Cc1cc(CNc2ccc(N)c(C#N)c2)no1. The van der Waals surface area contributed by atoms with Crippen LogP contribution in [0, 0.1) is 18.3 Å². The number of hydrogen-bond acceptors (Lipinski definition) is 5. The molecule has 1 heterocycles. The van der Waals surface area contributed by atoms with Gasteiger partial charge in [-0.3, -0.25) is 0 Å². The molecule has 0 saturated heterocycles. The monoisotopic (exact) mass is 228 g/mol. The maximum absolute atomic E-state index is 8.85. The number of nitrogen functional groups attached to an aromatic ring is 1. The minimum absolute atomic E-state index is 0.464. The van der Waals surface area contributed by atoms with Gasteiger partial charge in [-0.05, 0) is 25.1 Å². The predicted octanol–water partition coefficient (Wildman–Crippen LogP) is 2.05. The van der Waals surface area contributed by atoms with Crippen molar-refractivity contribution < 1.29 is 4.52 Å². The van der Waals surface area contributed by atoms with Gasteiger partial charge in [0.2, 0.25) is 0 Å². The van der Waals surface area contributed by atoms with Gasteiger partial charge < -0.3 is 15.6 Å². The molecule has 5 heteroatoms. The topological polar surface area (TPSA) is 87.9 Å². The lowest BCUT2D eigenvalue weighted by molar-refractivity contribution is 0.391. The second-order valence-electron chi connectivity index (χ2n) is 3.70. The molecule has 86 valence electrons. The zero-order valence-corrected chi connectivity index (χ0v) is 9.40. The van der Waals surface area contributed by atoms with Crippen LogP contribution >= 0.6 is 0 Å². The summed E-state index contributed by atoms with van der Waals surface area (Å²) >= 11 is 0. The van der Waals surface area contributed by atoms with Gasteiger partial charge in [-0.2, -0.15) is 5.26 Å². The first kappa shape index (κ1) is 11.0. The van der Waals surface area contributed by atoms with Gasteiger partial charge in [-0.15, -0.1) is 0 Å². The van der Waals surface area contributed by atoms with Gasteiger partial charge in [0.1, 0.15) is 17.5 Å². The van der Waals surface area contributed by atoms with Gasteiger partial charge in [-0.25, -0.2) is 0 Å². The first-order valence-electron chi connectivity index (χ1n) is 5.15. The summed E-state index contributed by atoms with van der Waals surface area (Å²) in [6, 6.07) is 9.13. The number of benzene rings is 1. The van der Waals surface area contributed by atoms with Crippen LogP contribution in [0.1, 0.15) is 17.0 Å². The van der Waals surface area contributed by atoms with E-state index >= 15 is 0 Å². The van der Waals surface area contributed by atoms with Crippen LogP contribution in [-0.4, -0.2) is 5.16 Å². The zero-order valence-electron chi connectivity index (χ0n) is 9.40. The molecule has 0 spiro atoms. The normalized spacial score (nSPS) is 9.88. The lowest BCUT2D eigenvalue weighted by atomic mass is 10.2. The van der Waals surface area contributed by atoms with Crippen LogP contribution in [0.15, 0.2) is 28.8 Å². The van der Waals surface area contributed by atoms with E-state index in [9.17, 15) is 0 Å². The van der Waals surface area contributed by atoms with Crippen LogP contribution in [0.3, 0.4) is 0 Å². The summed E-state index contributed by atoms with van der Waals surface area (Å²) in [5.41, 5.74) is 8.23. The zero-order chi connectivity index (χ0) is 12.3. The van der Waals surface area contributed by atoms with Crippen molar-refractivity contribution in [2.24, 2.45) is 0 Å². The van der Waals surface area contributed by atoms with E-state index < -0.39 is 0 Å². The van der Waals surface area contributed by atoms with Crippen LogP contribution in [0.4, 0.5) is 11.4 Å². The van der Waals surface area contributed by atoms with Crippen molar-refractivity contribution in [3.63, 3.8) is 0 Å². The Morgan fingerprint density at radius 1 is 1.47 bits per heavy atom. The van der Waals surface area contributed by atoms with E-state index in [2.05, 4.69) is 10.5 Å². The summed E-state index contributed by atoms with van der Waals surface area (Å²) in [5, 5.41) is 15.9. The molecule has 1 aromatic heterocycles. The van der Waals surface area contributed by atoms with Crippen molar-refractivity contribution >= 4 is 11.4 Å². The Morgan fingerprint density at radius 2 is 2.29 bits per heavy atom. The first-order chi connectivity index (χ1) is 8.19. The molecule has 5 nitrogen and oxygen atoms in total. The second kappa shape index (κ2) is 4.58. The molecule has 0 unspecified atom stereocenters. The smallest absolute Gasteiger partial charge is 0.133 e. The number of hydrogen-bond donors (Lipinski definition) is 2. The molecule has 2 aromatic rings. The van der Waals surface area contributed by atoms with E-state index in [0.717, 1.165) is 17.1 Å². The number of aromatic nitrogens is 1. The predicted molar refractivity (Wildman–Crippen MR) is 64.1 cm³/mol. The molecule has 1 aromatic carbocycles. The summed E-state index contributed by atoms with van der Waals surface area (Å²) in [6.45, 7) is 2.39. The Bertz CT molecular complexity index is 568. The quantitative estimate of drug-likeness (QED) is 0.785. The Kier molecular flexibility index (Phi) is 2.97. The first-order valence-corrected chi connectivity index (χ1v) is 5.15. The van der Waals surface area contributed by atoms with Crippen molar-refractivity contribution in [1.29, 1.82) is 5.26 Å². The lowest BCUT2D eigenvalue weighted by Gasteiger charge is -2.05. The van der Waals surface area contributed by atoms with E-state index in [0.29, 0.717) is 17.8 Å². The average molecular weight is 228 g/mol. The van der Waals surface area contributed by atoms with Gasteiger partial charge in [-0.1, -0.05) is 5.16 Å². The van der Waals surface area contributed by atoms with Crippen molar-refractivity contribution in [3.8, 4) is 6.07 Å². The number of aryl methyl sites for hydroxylation is 1. The highest BCUT2D eigenvalue weighted by Gasteiger charge is 2.02. The van der Waals surface area contributed by atoms with Crippen LogP contribution in [0.2, 0.25) is 0 Å². The molecule has 0 radical (unpaired) electrons. The molecule has 0 aliphatic rings. The van der Waals surface area contributed by atoms with E-state index in [-0.39, 0.29) is 0 Å². The third-order valence-corrected chi connectivity index (χ3v) is 2.32. The minimum Gasteiger partial charge on any atom is -0.398 e. The molecular weight excluding hydrogens is 216 g/mol. The number of nitriles is 1. The number of nitrogens with two attached hydrogens (primary N) is 1. The number of nitrogens with zero attached hydrogens (tertiary/aromatic N) is 2. The van der Waals surface area contributed by atoms with Gasteiger partial charge in [0, 0.05) is 17.4 Å².